The topological polar surface area (TPSA) is 62.3 Å². The second kappa shape index (κ2) is 6.51. The maximum atomic E-state index is 11.7. The second-order valence-electron chi connectivity index (χ2n) is 5.51. The van der Waals surface area contributed by atoms with E-state index < -0.39 is 10.0 Å². The number of rotatable bonds is 5. The molecule has 1 aliphatic heterocycles. The fourth-order valence-corrected chi connectivity index (χ4v) is 4.72. The van der Waals surface area contributed by atoms with Crippen molar-refractivity contribution in [1.29, 1.82) is 0 Å². The van der Waals surface area contributed by atoms with Gasteiger partial charge in [0.15, 0.2) is 0 Å². The third-order valence-corrected chi connectivity index (χ3v) is 6.28. The Labute approximate surface area is 125 Å². The summed E-state index contributed by atoms with van der Waals surface area (Å²) in [6.07, 6.45) is 4.32. The van der Waals surface area contributed by atoms with E-state index >= 15 is 0 Å². The van der Waals surface area contributed by atoms with E-state index in [2.05, 4.69) is 10.3 Å². The van der Waals surface area contributed by atoms with Crippen molar-refractivity contribution in [2.24, 2.45) is 5.92 Å². The largest absolute Gasteiger partial charge is 0.312 e. The number of hydrogen-bond donors (Lipinski definition) is 1. The standard InChI is InChI=1S/C13H23N3O2S2/c1-10-13(19-9-15-10)12(14-2)7-11-5-4-6-16(8-11)20(3,17)18/h9,11-12,14H,4-8H2,1-3H3. The lowest BCUT2D eigenvalue weighted by molar-refractivity contribution is 0.241. The summed E-state index contributed by atoms with van der Waals surface area (Å²) >= 11 is 1.67. The van der Waals surface area contributed by atoms with Crippen LogP contribution in [0.3, 0.4) is 0 Å². The molecule has 5 nitrogen and oxygen atoms in total. The Kier molecular flexibility index (Phi) is 5.17. The van der Waals surface area contributed by atoms with Crippen LogP contribution in [0.4, 0.5) is 0 Å². The number of hydrogen-bond acceptors (Lipinski definition) is 5. The van der Waals surface area contributed by atoms with E-state index in [-0.39, 0.29) is 6.04 Å². The lowest BCUT2D eigenvalue weighted by Crippen LogP contribution is -2.40. The zero-order chi connectivity index (χ0) is 14.8. The predicted octanol–water partition coefficient (Wildman–Crippen LogP) is 1.77. The highest BCUT2D eigenvalue weighted by Crippen LogP contribution is 2.31. The van der Waals surface area contributed by atoms with Gasteiger partial charge in [-0.15, -0.1) is 11.3 Å². The summed E-state index contributed by atoms with van der Waals surface area (Å²) in [7, 11) is -1.10. The number of aromatic nitrogens is 1. The Bertz CT molecular complexity index is 542. The summed E-state index contributed by atoms with van der Waals surface area (Å²) in [6, 6.07) is 0.270. The van der Waals surface area contributed by atoms with Gasteiger partial charge in [-0.1, -0.05) is 0 Å². The molecule has 2 atom stereocenters. The molecule has 0 spiro atoms. The van der Waals surface area contributed by atoms with E-state index in [0.29, 0.717) is 19.0 Å². The van der Waals surface area contributed by atoms with Crippen molar-refractivity contribution in [1.82, 2.24) is 14.6 Å². The second-order valence-corrected chi connectivity index (χ2v) is 8.38. The lowest BCUT2D eigenvalue weighted by atomic mass is 9.91. The lowest BCUT2D eigenvalue weighted by Gasteiger charge is -2.32. The highest BCUT2D eigenvalue weighted by molar-refractivity contribution is 7.88. The van der Waals surface area contributed by atoms with Crippen molar-refractivity contribution < 1.29 is 8.42 Å². The van der Waals surface area contributed by atoms with Crippen LogP contribution in [0.5, 0.6) is 0 Å². The quantitative estimate of drug-likeness (QED) is 0.899. The van der Waals surface area contributed by atoms with Crippen molar-refractivity contribution >= 4 is 21.4 Å². The zero-order valence-electron chi connectivity index (χ0n) is 12.3. The molecule has 1 fully saturated rings. The van der Waals surface area contributed by atoms with E-state index in [1.807, 2.05) is 19.5 Å². The SMILES string of the molecule is CNC(CC1CCCN(S(C)(=O)=O)C1)c1scnc1C. The molecule has 0 amide bonds. The fraction of sp³-hybridized carbons (Fsp3) is 0.769. The fourth-order valence-electron chi connectivity index (χ4n) is 2.86. The molecule has 7 heteroatoms. The minimum Gasteiger partial charge on any atom is -0.312 e. The van der Waals surface area contributed by atoms with E-state index in [1.165, 1.54) is 11.1 Å². The molecule has 0 radical (unpaired) electrons. The van der Waals surface area contributed by atoms with Crippen LogP contribution in [-0.4, -0.2) is 44.1 Å². The molecule has 0 aliphatic carbocycles. The molecular weight excluding hydrogens is 294 g/mol. The molecule has 1 aromatic heterocycles. The van der Waals surface area contributed by atoms with Crippen molar-refractivity contribution in [2.75, 3.05) is 26.4 Å². The Balaban J connectivity index is 2.03. The molecule has 2 rings (SSSR count). The zero-order valence-corrected chi connectivity index (χ0v) is 13.9. The Morgan fingerprint density at radius 2 is 2.35 bits per heavy atom. The molecule has 2 heterocycles. The molecule has 1 saturated heterocycles. The van der Waals surface area contributed by atoms with Gasteiger partial charge in [-0.3, -0.25) is 0 Å². The molecule has 114 valence electrons. The molecule has 20 heavy (non-hydrogen) atoms. The third-order valence-electron chi connectivity index (χ3n) is 3.97. The molecule has 0 aromatic carbocycles. The van der Waals surface area contributed by atoms with Gasteiger partial charge in [-0.25, -0.2) is 17.7 Å². The Morgan fingerprint density at radius 1 is 1.60 bits per heavy atom. The maximum Gasteiger partial charge on any atom is 0.211 e. The summed E-state index contributed by atoms with van der Waals surface area (Å²) in [5.74, 6) is 0.414. The normalized spacial score (nSPS) is 22.9. The molecule has 0 bridgehead atoms. The van der Waals surface area contributed by atoms with E-state index in [9.17, 15) is 8.42 Å². The number of nitrogens with one attached hydrogen (secondary N) is 1. The van der Waals surface area contributed by atoms with Crippen molar-refractivity contribution in [3.8, 4) is 0 Å². The Morgan fingerprint density at radius 3 is 2.90 bits per heavy atom. The van der Waals surface area contributed by atoms with Gasteiger partial charge in [0.05, 0.1) is 17.5 Å². The number of aryl methyl sites for hydroxylation is 1. The van der Waals surface area contributed by atoms with E-state index in [1.54, 1.807) is 15.6 Å². The highest BCUT2D eigenvalue weighted by atomic mass is 32.2. The number of sulfonamides is 1. The first-order chi connectivity index (χ1) is 9.41. The van der Waals surface area contributed by atoms with Crippen LogP contribution < -0.4 is 5.32 Å². The smallest absolute Gasteiger partial charge is 0.211 e. The van der Waals surface area contributed by atoms with Crippen molar-refractivity contribution in [3.63, 3.8) is 0 Å². The van der Waals surface area contributed by atoms with Crippen LogP contribution >= 0.6 is 11.3 Å². The van der Waals surface area contributed by atoms with Crippen LogP contribution in [0.15, 0.2) is 5.51 Å². The minimum atomic E-state index is -3.06. The van der Waals surface area contributed by atoms with Gasteiger partial charge in [0, 0.05) is 24.0 Å². The predicted molar refractivity (Wildman–Crippen MR) is 82.4 cm³/mol. The van der Waals surface area contributed by atoms with Crippen molar-refractivity contribution in [3.05, 3.63) is 16.1 Å². The summed E-state index contributed by atoms with van der Waals surface area (Å²) in [4.78, 5) is 5.57. The monoisotopic (exact) mass is 317 g/mol. The number of thiazole rings is 1. The van der Waals surface area contributed by atoms with Crippen molar-refractivity contribution in [2.45, 2.75) is 32.2 Å². The highest BCUT2D eigenvalue weighted by Gasteiger charge is 2.28. The number of nitrogens with zero attached hydrogens (tertiary/aromatic N) is 2. The van der Waals surface area contributed by atoms with Gasteiger partial charge in [0.25, 0.3) is 0 Å². The number of piperidine rings is 1. The summed E-state index contributed by atoms with van der Waals surface area (Å²) in [5, 5.41) is 3.35. The van der Waals surface area contributed by atoms with Gasteiger partial charge in [-0.2, -0.15) is 0 Å². The Hall–Kier alpha value is -0.500. The van der Waals surface area contributed by atoms with Crippen LogP contribution in [0.1, 0.15) is 35.9 Å². The van der Waals surface area contributed by atoms with Gasteiger partial charge >= 0.3 is 0 Å². The minimum absolute atomic E-state index is 0.270. The van der Waals surface area contributed by atoms with Gasteiger partial charge in [0.2, 0.25) is 10.0 Å². The third kappa shape index (κ3) is 3.78. The molecule has 1 aliphatic rings. The van der Waals surface area contributed by atoms with Crippen LogP contribution in [0.25, 0.3) is 0 Å². The first kappa shape index (κ1) is 15.9. The average Bonchev–Trinajstić information content (AvgIpc) is 2.81. The van der Waals surface area contributed by atoms with E-state index in [4.69, 9.17) is 0 Å². The molecular formula is C13H23N3O2S2. The van der Waals surface area contributed by atoms with E-state index in [0.717, 1.165) is 25.0 Å². The van der Waals surface area contributed by atoms with Gasteiger partial charge in [0.1, 0.15) is 0 Å². The van der Waals surface area contributed by atoms with Crippen LogP contribution in [0.2, 0.25) is 0 Å². The van der Waals surface area contributed by atoms with Crippen LogP contribution in [-0.2, 0) is 10.0 Å². The first-order valence-electron chi connectivity index (χ1n) is 6.94. The average molecular weight is 317 g/mol. The molecule has 1 aromatic rings. The maximum absolute atomic E-state index is 11.7. The summed E-state index contributed by atoms with van der Waals surface area (Å²) in [5.41, 5.74) is 2.95. The molecule has 1 N–H and O–H groups in total. The van der Waals surface area contributed by atoms with Gasteiger partial charge in [-0.05, 0) is 39.2 Å². The van der Waals surface area contributed by atoms with Gasteiger partial charge < -0.3 is 5.32 Å². The summed E-state index contributed by atoms with van der Waals surface area (Å²) in [6.45, 7) is 3.34. The summed E-state index contributed by atoms with van der Waals surface area (Å²) < 4.78 is 25.0. The molecule has 2 unspecified atom stereocenters. The first-order valence-corrected chi connectivity index (χ1v) is 9.67. The molecule has 0 saturated carbocycles. The van der Waals surface area contributed by atoms with Crippen LogP contribution in [0, 0.1) is 12.8 Å².